The van der Waals surface area contributed by atoms with E-state index >= 15 is 0 Å². The molecule has 0 heterocycles. The van der Waals surface area contributed by atoms with Crippen LogP contribution in [0, 0.1) is 5.92 Å². The zero-order valence-electron chi connectivity index (χ0n) is 7.23. The molecule has 0 amide bonds. The maximum absolute atomic E-state index is 10.5. The van der Waals surface area contributed by atoms with E-state index in [1.165, 1.54) is 0 Å². The number of esters is 1. The quantitative estimate of drug-likeness (QED) is 0.207. The number of carbonyl (C=O) groups is 1. The Morgan fingerprint density at radius 1 is 1.67 bits per heavy atom. The molecule has 0 aromatic carbocycles. The van der Waals surface area contributed by atoms with E-state index in [1.807, 2.05) is 19.9 Å². The number of hydrogen-bond acceptors (Lipinski definition) is 2. The van der Waals surface area contributed by atoms with Gasteiger partial charge in [0.2, 0.25) is 0 Å². The van der Waals surface area contributed by atoms with Gasteiger partial charge in [-0.05, 0) is 5.92 Å². The summed E-state index contributed by atoms with van der Waals surface area (Å²) in [6, 6.07) is 0. The maximum atomic E-state index is 10.5. The van der Waals surface area contributed by atoms with E-state index in [2.05, 4.69) is 9.53 Å². The van der Waals surface area contributed by atoms with E-state index in [1.54, 1.807) is 6.08 Å². The molecule has 12 heavy (non-hydrogen) atoms. The molecule has 0 atom stereocenters. The molecule has 0 aliphatic heterocycles. The van der Waals surface area contributed by atoms with Crippen LogP contribution in [0.5, 0.6) is 0 Å². The third-order valence-electron chi connectivity index (χ3n) is 1.01. The zero-order chi connectivity index (χ0) is 9.40. The molecule has 0 aliphatic carbocycles. The van der Waals surface area contributed by atoms with Crippen LogP contribution < -0.4 is 0 Å². The topological polar surface area (TPSA) is 62.7 Å². The number of carbonyl (C=O) groups excluding carboxylic acids is 1. The monoisotopic (exact) mass is 168 g/mol. The highest BCUT2D eigenvalue weighted by atomic mass is 16.5. The van der Waals surface area contributed by atoms with Crippen molar-refractivity contribution in [1.29, 1.82) is 0 Å². The Kier molecular flexibility index (Phi) is 5.57. The van der Waals surface area contributed by atoms with Crippen LogP contribution in [-0.4, -0.2) is 23.6 Å². The average Bonchev–Trinajstić information content (AvgIpc) is 1.98. The van der Waals surface area contributed by atoms with Gasteiger partial charge in [0.25, 0.3) is 0 Å². The van der Waals surface area contributed by atoms with Crippen molar-refractivity contribution in [2.24, 2.45) is 5.92 Å². The lowest BCUT2D eigenvalue weighted by Gasteiger charge is -1.94. The Hall–Kier alpha value is -1.41. The lowest BCUT2D eigenvalue weighted by Crippen LogP contribution is -2.05. The first-order valence-electron chi connectivity index (χ1n) is 3.67. The Morgan fingerprint density at radius 3 is 2.83 bits per heavy atom. The van der Waals surface area contributed by atoms with Crippen molar-refractivity contribution >= 4 is 12.2 Å². The molecule has 0 saturated heterocycles. The lowest BCUT2D eigenvalue weighted by atomic mass is 10.2. The van der Waals surface area contributed by atoms with E-state index in [4.69, 9.17) is 5.53 Å². The van der Waals surface area contributed by atoms with Crippen molar-refractivity contribution < 1.29 is 14.3 Å². The number of nitrogens with zero attached hydrogens (tertiary/aromatic N) is 2. The van der Waals surface area contributed by atoms with Crippen LogP contribution in [-0.2, 0) is 9.53 Å². The predicted molar refractivity (Wildman–Crippen MR) is 44.6 cm³/mol. The number of rotatable bonds is 4. The van der Waals surface area contributed by atoms with Crippen LogP contribution in [0.25, 0.3) is 5.53 Å². The van der Waals surface area contributed by atoms with Crippen molar-refractivity contribution in [3.8, 4) is 0 Å². The molecule has 4 nitrogen and oxygen atoms in total. The summed E-state index contributed by atoms with van der Waals surface area (Å²) < 4.78 is 4.60. The van der Waals surface area contributed by atoms with Crippen LogP contribution in [0.4, 0.5) is 0 Å². The first kappa shape index (κ1) is 10.6. The van der Waals surface area contributed by atoms with E-state index < -0.39 is 5.97 Å². The average molecular weight is 168 g/mol. The van der Waals surface area contributed by atoms with Gasteiger partial charge in [-0.1, -0.05) is 26.0 Å². The highest BCUT2D eigenvalue weighted by Gasteiger charge is 1.99. The first-order valence-corrected chi connectivity index (χ1v) is 3.67. The van der Waals surface area contributed by atoms with E-state index in [9.17, 15) is 4.79 Å². The molecule has 0 bridgehead atoms. The molecule has 0 radical (unpaired) electrons. The van der Waals surface area contributed by atoms with Crippen molar-refractivity contribution in [3.05, 3.63) is 17.7 Å². The normalized spacial score (nSPS) is 9.92. The fourth-order valence-corrected chi connectivity index (χ4v) is 0.542. The first-order chi connectivity index (χ1) is 5.66. The Labute approximate surface area is 71.5 Å². The van der Waals surface area contributed by atoms with Gasteiger partial charge in [0.1, 0.15) is 6.61 Å². The molecule has 0 rings (SSSR count). The summed E-state index contributed by atoms with van der Waals surface area (Å²) >= 11 is 0. The molecule has 0 aromatic rings. The smallest absolute Gasteiger partial charge is 0.413 e. The SMILES string of the molecule is CC(C)/C=C\COC(=O)C=[N+]=[N-]. The van der Waals surface area contributed by atoms with Gasteiger partial charge in [-0.2, -0.15) is 4.79 Å². The summed E-state index contributed by atoms with van der Waals surface area (Å²) in [4.78, 5) is 13.0. The van der Waals surface area contributed by atoms with Crippen LogP contribution >= 0.6 is 0 Å². The minimum absolute atomic E-state index is 0.211. The summed E-state index contributed by atoms with van der Waals surface area (Å²) in [7, 11) is 0. The van der Waals surface area contributed by atoms with Gasteiger partial charge < -0.3 is 10.3 Å². The second-order valence-electron chi connectivity index (χ2n) is 2.55. The number of allylic oxidation sites excluding steroid dienone is 1. The second kappa shape index (κ2) is 6.31. The van der Waals surface area contributed by atoms with Gasteiger partial charge in [-0.25, -0.2) is 4.79 Å². The van der Waals surface area contributed by atoms with Crippen LogP contribution in [0.3, 0.4) is 0 Å². The summed E-state index contributed by atoms with van der Waals surface area (Å²) in [6.07, 6.45) is 4.38. The van der Waals surface area contributed by atoms with Crippen LogP contribution in [0.1, 0.15) is 13.8 Å². The molecular formula is C8H12N2O2. The molecule has 0 fully saturated rings. The maximum Gasteiger partial charge on any atom is 0.413 e. The highest BCUT2D eigenvalue weighted by molar-refractivity contribution is 6.20. The summed E-state index contributed by atoms with van der Waals surface area (Å²) in [5.74, 6) is -0.207. The van der Waals surface area contributed by atoms with Gasteiger partial charge in [-0.15, -0.1) is 0 Å². The van der Waals surface area contributed by atoms with E-state index in [-0.39, 0.29) is 6.61 Å². The van der Waals surface area contributed by atoms with E-state index in [0.717, 1.165) is 0 Å². The number of ether oxygens (including phenoxy) is 1. The minimum Gasteiger partial charge on any atom is -0.453 e. The van der Waals surface area contributed by atoms with Crippen LogP contribution in [0.2, 0.25) is 0 Å². The molecule has 0 aromatic heterocycles. The zero-order valence-corrected chi connectivity index (χ0v) is 7.23. The lowest BCUT2D eigenvalue weighted by molar-refractivity contribution is -0.137. The van der Waals surface area contributed by atoms with E-state index in [0.29, 0.717) is 12.1 Å². The van der Waals surface area contributed by atoms with Gasteiger partial charge in [0, 0.05) is 0 Å². The van der Waals surface area contributed by atoms with Gasteiger partial charge in [0.05, 0.1) is 0 Å². The Balaban J connectivity index is 3.56. The highest BCUT2D eigenvalue weighted by Crippen LogP contribution is 1.92. The van der Waals surface area contributed by atoms with Gasteiger partial charge in [-0.3, -0.25) is 0 Å². The largest absolute Gasteiger partial charge is 0.453 e. The molecule has 0 unspecified atom stereocenters. The predicted octanol–water partition coefficient (Wildman–Crippen LogP) is 1.04. The third kappa shape index (κ3) is 6.71. The molecule has 0 saturated carbocycles. The molecule has 0 N–H and O–H groups in total. The van der Waals surface area contributed by atoms with Crippen molar-refractivity contribution in [2.75, 3.05) is 6.61 Å². The van der Waals surface area contributed by atoms with Crippen molar-refractivity contribution in [1.82, 2.24) is 0 Å². The van der Waals surface area contributed by atoms with Crippen LogP contribution in [0.15, 0.2) is 12.2 Å². The summed E-state index contributed by atoms with van der Waals surface area (Å²) in [6.45, 7) is 4.25. The fraction of sp³-hybridized carbons (Fsp3) is 0.500. The van der Waals surface area contributed by atoms with Crippen molar-refractivity contribution in [3.63, 3.8) is 0 Å². The summed E-state index contributed by atoms with van der Waals surface area (Å²) in [5.41, 5.74) is 7.93. The standard InChI is InChI=1S/C8H12N2O2/c1-7(2)4-3-5-12-8(11)6-10-9/h3-4,6-7H,5H2,1-2H3/b4-3-. The van der Waals surface area contributed by atoms with Gasteiger partial charge in [0.15, 0.2) is 0 Å². The third-order valence-corrected chi connectivity index (χ3v) is 1.01. The molecule has 0 aliphatic rings. The molecule has 4 heteroatoms. The molecule has 66 valence electrons. The van der Waals surface area contributed by atoms with Crippen molar-refractivity contribution in [2.45, 2.75) is 13.8 Å². The number of hydrogen-bond donors (Lipinski definition) is 0. The Morgan fingerprint density at radius 2 is 2.33 bits per heavy atom. The molecular weight excluding hydrogens is 156 g/mol. The fourth-order valence-electron chi connectivity index (χ4n) is 0.542. The minimum atomic E-state index is -0.647. The van der Waals surface area contributed by atoms with Gasteiger partial charge >= 0.3 is 12.2 Å². The Bertz CT molecular complexity index is 215. The second-order valence-corrected chi connectivity index (χ2v) is 2.55. The summed E-state index contributed by atoms with van der Waals surface area (Å²) in [5, 5.41) is 0. The molecule has 0 spiro atoms.